The highest BCUT2D eigenvalue weighted by Crippen LogP contribution is 2.43. The Kier molecular flexibility index (Phi) is 4.65. The Balaban J connectivity index is 2.08. The molecule has 0 radical (unpaired) electrons. The number of benzene rings is 3. The van der Waals surface area contributed by atoms with Crippen LogP contribution < -0.4 is 0 Å². The summed E-state index contributed by atoms with van der Waals surface area (Å²) < 4.78 is 0. The summed E-state index contributed by atoms with van der Waals surface area (Å²) in [6.45, 7) is 0. The molecule has 0 bridgehead atoms. The zero-order valence-electron chi connectivity index (χ0n) is 11.3. The molecule has 0 spiro atoms. The molecule has 0 unspecified atom stereocenters. The highest BCUT2D eigenvalue weighted by Gasteiger charge is 2.15. The Hall–Kier alpha value is -1.18. The van der Waals surface area contributed by atoms with Crippen molar-refractivity contribution in [1.82, 2.24) is 0 Å². The quantitative estimate of drug-likeness (QED) is 0.408. The lowest BCUT2D eigenvalue weighted by Crippen LogP contribution is -1.85. The Bertz CT molecular complexity index is 782. The van der Waals surface area contributed by atoms with Crippen LogP contribution >= 0.6 is 46.4 Å². The summed E-state index contributed by atoms with van der Waals surface area (Å²) in [7, 11) is 0. The van der Waals surface area contributed by atoms with E-state index in [1.54, 1.807) is 6.07 Å². The molecule has 0 fully saturated rings. The average Bonchev–Trinajstić information content (AvgIpc) is 2.55. The van der Waals surface area contributed by atoms with E-state index in [2.05, 4.69) is 12.1 Å². The number of hydrogen-bond acceptors (Lipinski definition) is 0. The van der Waals surface area contributed by atoms with E-state index in [9.17, 15) is 0 Å². The van der Waals surface area contributed by atoms with Gasteiger partial charge in [-0.05, 0) is 22.8 Å². The molecule has 0 aromatic heterocycles. The van der Waals surface area contributed by atoms with Gasteiger partial charge in [0.1, 0.15) is 0 Å². The monoisotopic (exact) mass is 366 g/mol. The van der Waals surface area contributed by atoms with E-state index < -0.39 is 0 Å². The van der Waals surface area contributed by atoms with Crippen molar-refractivity contribution < 1.29 is 0 Å². The first-order valence-electron chi connectivity index (χ1n) is 6.57. The molecule has 0 saturated heterocycles. The Morgan fingerprint density at radius 2 is 0.955 bits per heavy atom. The third-order valence-electron chi connectivity index (χ3n) is 3.39. The molecule has 3 aromatic rings. The van der Waals surface area contributed by atoms with E-state index in [1.165, 1.54) is 0 Å². The maximum atomic E-state index is 6.29. The van der Waals surface area contributed by atoms with Gasteiger partial charge in [-0.3, -0.25) is 0 Å². The smallest absolute Gasteiger partial charge is 0.0686 e. The van der Waals surface area contributed by atoms with Crippen LogP contribution in [0.4, 0.5) is 0 Å². The van der Waals surface area contributed by atoms with Gasteiger partial charge in [0.2, 0.25) is 0 Å². The summed E-state index contributed by atoms with van der Waals surface area (Å²) in [6, 6.07) is 19.6. The zero-order chi connectivity index (χ0) is 15.7. The number of halogens is 4. The zero-order valence-corrected chi connectivity index (χ0v) is 14.3. The number of rotatable bonds is 2. The topological polar surface area (TPSA) is 0 Å². The Labute approximate surface area is 149 Å². The molecule has 0 N–H and O–H groups in total. The summed E-state index contributed by atoms with van der Waals surface area (Å²) in [6.07, 6.45) is 0. The molecule has 0 amide bonds. The third-order valence-corrected chi connectivity index (χ3v) is 4.97. The van der Waals surface area contributed by atoms with E-state index in [4.69, 9.17) is 46.4 Å². The maximum Gasteiger partial charge on any atom is 0.0686 e. The standard InChI is InChI=1S/C18H10Cl4/c19-14-10-15(20)18(22)16(17(14)21)13-8-6-12(7-9-13)11-4-2-1-3-5-11/h1-10H. The third kappa shape index (κ3) is 2.98. The number of hydrogen-bond donors (Lipinski definition) is 0. The summed E-state index contributed by atoms with van der Waals surface area (Å²) in [5, 5.41) is 1.59. The van der Waals surface area contributed by atoms with Crippen molar-refractivity contribution in [3.63, 3.8) is 0 Å². The predicted molar refractivity (Wildman–Crippen MR) is 97.4 cm³/mol. The molecular weight excluding hydrogens is 358 g/mol. The second kappa shape index (κ2) is 6.52. The molecule has 0 aliphatic rings. The first-order chi connectivity index (χ1) is 10.6. The van der Waals surface area contributed by atoms with E-state index in [-0.39, 0.29) is 0 Å². The molecule has 0 heterocycles. The minimum absolute atomic E-state index is 0.387. The summed E-state index contributed by atoms with van der Waals surface area (Å²) in [5.74, 6) is 0. The minimum atomic E-state index is 0.387. The van der Waals surface area contributed by atoms with E-state index in [1.807, 2.05) is 42.5 Å². The van der Waals surface area contributed by atoms with Gasteiger partial charge >= 0.3 is 0 Å². The van der Waals surface area contributed by atoms with Crippen molar-refractivity contribution >= 4 is 46.4 Å². The summed E-state index contributed by atoms with van der Waals surface area (Å²) >= 11 is 24.8. The van der Waals surface area contributed by atoms with Crippen molar-refractivity contribution in [1.29, 1.82) is 0 Å². The van der Waals surface area contributed by atoms with Gasteiger partial charge in [-0.2, -0.15) is 0 Å². The molecule has 0 aliphatic carbocycles. The molecule has 0 nitrogen and oxygen atoms in total. The largest absolute Gasteiger partial charge is 0.0826 e. The maximum absolute atomic E-state index is 6.29. The average molecular weight is 368 g/mol. The molecule has 0 aliphatic heterocycles. The van der Waals surface area contributed by atoms with Gasteiger partial charge in [-0.1, -0.05) is 101 Å². The second-order valence-electron chi connectivity index (χ2n) is 4.79. The van der Waals surface area contributed by atoms with E-state index in [0.717, 1.165) is 16.7 Å². The van der Waals surface area contributed by atoms with Crippen LogP contribution in [0.3, 0.4) is 0 Å². The van der Waals surface area contributed by atoms with Crippen molar-refractivity contribution in [2.24, 2.45) is 0 Å². The highest BCUT2D eigenvalue weighted by molar-refractivity contribution is 6.50. The van der Waals surface area contributed by atoms with Gasteiger partial charge < -0.3 is 0 Å². The van der Waals surface area contributed by atoms with Crippen molar-refractivity contribution in [2.75, 3.05) is 0 Å². The van der Waals surface area contributed by atoms with Gasteiger partial charge in [0, 0.05) is 5.56 Å². The van der Waals surface area contributed by atoms with Gasteiger partial charge in [-0.25, -0.2) is 0 Å². The molecule has 0 saturated carbocycles. The summed E-state index contributed by atoms with van der Waals surface area (Å²) in [4.78, 5) is 0. The second-order valence-corrected chi connectivity index (χ2v) is 6.36. The Morgan fingerprint density at radius 1 is 0.500 bits per heavy atom. The first-order valence-corrected chi connectivity index (χ1v) is 8.08. The normalized spacial score (nSPS) is 10.7. The summed E-state index contributed by atoms with van der Waals surface area (Å²) in [5.41, 5.74) is 3.79. The van der Waals surface area contributed by atoms with Crippen LogP contribution in [0.2, 0.25) is 20.1 Å². The lowest BCUT2D eigenvalue weighted by molar-refractivity contribution is 1.59. The molecular formula is C18H10Cl4. The highest BCUT2D eigenvalue weighted by atomic mass is 35.5. The predicted octanol–water partition coefficient (Wildman–Crippen LogP) is 7.63. The van der Waals surface area contributed by atoms with Crippen LogP contribution in [0.5, 0.6) is 0 Å². The minimum Gasteiger partial charge on any atom is -0.0826 e. The molecule has 0 atom stereocenters. The van der Waals surface area contributed by atoms with Crippen LogP contribution in [0.15, 0.2) is 60.7 Å². The van der Waals surface area contributed by atoms with Crippen molar-refractivity contribution in [2.45, 2.75) is 0 Å². The molecule has 4 heteroatoms. The van der Waals surface area contributed by atoms with E-state index in [0.29, 0.717) is 25.7 Å². The van der Waals surface area contributed by atoms with Crippen LogP contribution in [-0.4, -0.2) is 0 Å². The molecule has 22 heavy (non-hydrogen) atoms. The SMILES string of the molecule is Clc1cc(Cl)c(Cl)c(-c2ccc(-c3ccccc3)cc2)c1Cl. The van der Waals surface area contributed by atoms with Gasteiger partial charge in [0.05, 0.1) is 20.1 Å². The van der Waals surface area contributed by atoms with Crippen molar-refractivity contribution in [3.8, 4) is 22.3 Å². The fourth-order valence-electron chi connectivity index (χ4n) is 2.29. The van der Waals surface area contributed by atoms with Gasteiger partial charge in [-0.15, -0.1) is 0 Å². The van der Waals surface area contributed by atoms with Gasteiger partial charge in [0.25, 0.3) is 0 Å². The van der Waals surface area contributed by atoms with Crippen LogP contribution in [0.1, 0.15) is 0 Å². The van der Waals surface area contributed by atoms with Gasteiger partial charge in [0.15, 0.2) is 0 Å². The van der Waals surface area contributed by atoms with E-state index >= 15 is 0 Å². The van der Waals surface area contributed by atoms with Crippen LogP contribution in [0, 0.1) is 0 Å². The molecule has 3 aromatic carbocycles. The lowest BCUT2D eigenvalue weighted by atomic mass is 10.0. The lowest BCUT2D eigenvalue weighted by Gasteiger charge is -2.11. The Morgan fingerprint density at radius 3 is 1.50 bits per heavy atom. The van der Waals surface area contributed by atoms with Crippen LogP contribution in [0.25, 0.3) is 22.3 Å². The fraction of sp³-hybridized carbons (Fsp3) is 0. The molecule has 110 valence electrons. The van der Waals surface area contributed by atoms with Crippen LogP contribution in [-0.2, 0) is 0 Å². The molecule has 3 rings (SSSR count). The fourth-order valence-corrected chi connectivity index (χ4v) is 3.31. The first kappa shape index (κ1) is 15.7. The van der Waals surface area contributed by atoms with Crippen molar-refractivity contribution in [3.05, 3.63) is 80.8 Å².